The molecule has 3 aromatic rings. The lowest BCUT2D eigenvalue weighted by atomic mass is 9.99. The van der Waals surface area contributed by atoms with Crippen LogP contribution in [0.3, 0.4) is 0 Å². The highest BCUT2D eigenvalue weighted by atomic mass is 16.7. The highest BCUT2D eigenvalue weighted by molar-refractivity contribution is 5.91. The van der Waals surface area contributed by atoms with Crippen molar-refractivity contribution >= 4 is 18.1 Å². The molecule has 1 aliphatic heterocycles. The van der Waals surface area contributed by atoms with E-state index in [9.17, 15) is 45.6 Å². The van der Waals surface area contributed by atoms with Crippen molar-refractivity contribution in [2.24, 2.45) is 0 Å². The van der Waals surface area contributed by atoms with Crippen molar-refractivity contribution in [2.45, 2.75) is 30.7 Å². The van der Waals surface area contributed by atoms with Crippen LogP contribution in [0.25, 0.3) is 12.2 Å². The number of carbonyl (C=O) groups is 1. The molecule has 4 rings (SSSR count). The van der Waals surface area contributed by atoms with E-state index in [0.717, 1.165) is 12.1 Å². The van der Waals surface area contributed by atoms with Gasteiger partial charge in [0.1, 0.15) is 29.8 Å². The third kappa shape index (κ3) is 6.56. The average molecular weight is 573 g/mol. The molecule has 0 saturated carbocycles. The lowest BCUT2D eigenvalue weighted by molar-refractivity contribution is -0.276. The number of benzene rings is 3. The van der Waals surface area contributed by atoms with Gasteiger partial charge in [0.2, 0.25) is 6.29 Å². The third-order valence-corrected chi connectivity index (χ3v) is 6.21. The minimum Gasteiger partial charge on any atom is -0.508 e. The molecule has 5 atom stereocenters. The highest BCUT2D eigenvalue weighted by Crippen LogP contribution is 2.36. The van der Waals surface area contributed by atoms with Gasteiger partial charge in [0.05, 0.1) is 19.3 Å². The Morgan fingerprint density at radius 1 is 0.878 bits per heavy atom. The maximum absolute atomic E-state index is 12.8. The Labute approximate surface area is 232 Å². The van der Waals surface area contributed by atoms with E-state index < -0.39 is 66.1 Å². The molecule has 1 fully saturated rings. The fourth-order valence-corrected chi connectivity index (χ4v) is 4.10. The van der Waals surface area contributed by atoms with Gasteiger partial charge in [-0.25, -0.2) is 4.79 Å². The number of carbonyl (C=O) groups excluding carboxylic acids is 1. The number of hydrogen-bond donors (Lipinski definition) is 8. The summed E-state index contributed by atoms with van der Waals surface area (Å²) in [5.41, 5.74) is 0.650. The Bertz CT molecular complexity index is 1410. The zero-order valence-electron chi connectivity index (χ0n) is 21.5. The molecule has 0 aromatic heterocycles. The van der Waals surface area contributed by atoms with Gasteiger partial charge in [0.25, 0.3) is 0 Å². The molecule has 0 spiro atoms. The minimum atomic E-state index is -1.81. The zero-order valence-corrected chi connectivity index (χ0v) is 21.5. The molecule has 1 aliphatic rings. The Morgan fingerprint density at radius 2 is 1.56 bits per heavy atom. The molecule has 0 bridgehead atoms. The molecule has 13 nitrogen and oxygen atoms in total. The standard InChI is InChI=1S/C28H28O13/c1-38-21-5-4-13(8-18(21)31)2-3-14-6-16(30)11-17(7-14)39-28-26(25(36)24(35)22(12-29)40-28)41-27(37)15-9-19(32)23(34)20(33)10-15/h2-11,22,24-26,28-36H,12H2,1H3/b3-2+/t22-,24-,25+,26-,28-/m1/s1. The summed E-state index contributed by atoms with van der Waals surface area (Å²) in [5, 5.41) is 79.8. The van der Waals surface area contributed by atoms with Crippen molar-refractivity contribution in [2.75, 3.05) is 13.7 Å². The van der Waals surface area contributed by atoms with Crippen molar-refractivity contribution in [3.8, 4) is 40.2 Å². The number of aliphatic hydroxyl groups excluding tert-OH is 3. The van der Waals surface area contributed by atoms with Crippen LogP contribution in [0.5, 0.6) is 40.2 Å². The quantitative estimate of drug-likeness (QED) is 0.109. The first-order chi connectivity index (χ1) is 19.5. The molecule has 41 heavy (non-hydrogen) atoms. The van der Waals surface area contributed by atoms with Gasteiger partial charge < -0.3 is 59.8 Å². The molecule has 3 aromatic carbocycles. The van der Waals surface area contributed by atoms with Crippen LogP contribution in [-0.2, 0) is 9.47 Å². The molecule has 0 radical (unpaired) electrons. The summed E-state index contributed by atoms with van der Waals surface area (Å²) in [5.74, 6) is -3.67. The molecule has 218 valence electrons. The number of hydrogen-bond acceptors (Lipinski definition) is 13. The fourth-order valence-electron chi connectivity index (χ4n) is 4.10. The number of rotatable bonds is 8. The summed E-state index contributed by atoms with van der Waals surface area (Å²) in [6, 6.07) is 10.5. The number of aliphatic hydroxyl groups is 3. The summed E-state index contributed by atoms with van der Waals surface area (Å²) >= 11 is 0. The number of phenolic OH excluding ortho intramolecular Hbond substituents is 5. The Kier molecular flexibility index (Phi) is 8.74. The smallest absolute Gasteiger partial charge is 0.339 e. The number of esters is 1. The van der Waals surface area contributed by atoms with Crippen molar-refractivity contribution in [1.82, 2.24) is 0 Å². The third-order valence-electron chi connectivity index (χ3n) is 6.21. The molecular weight excluding hydrogens is 544 g/mol. The molecule has 13 heteroatoms. The van der Waals surface area contributed by atoms with Crippen molar-refractivity contribution in [1.29, 1.82) is 0 Å². The average Bonchev–Trinajstić information content (AvgIpc) is 2.93. The van der Waals surface area contributed by atoms with Crippen LogP contribution >= 0.6 is 0 Å². The van der Waals surface area contributed by atoms with Crippen molar-refractivity contribution in [3.63, 3.8) is 0 Å². The van der Waals surface area contributed by atoms with Crippen LogP contribution in [0, 0.1) is 0 Å². The van der Waals surface area contributed by atoms with Gasteiger partial charge in [-0.05, 0) is 47.5 Å². The topological polar surface area (TPSA) is 216 Å². The maximum Gasteiger partial charge on any atom is 0.339 e. The SMILES string of the molecule is COc1ccc(/C=C/c2cc(O)cc(O[C@@H]3O[C@H](CO)[C@@H](O)[C@H](O)[C@H]3OC(=O)c3cc(O)c(O)c(O)c3)c2)cc1O. The predicted molar refractivity (Wildman–Crippen MR) is 141 cm³/mol. The van der Waals surface area contributed by atoms with Crippen molar-refractivity contribution < 1.29 is 64.6 Å². The van der Waals surface area contributed by atoms with Crippen LogP contribution in [0.1, 0.15) is 21.5 Å². The van der Waals surface area contributed by atoms with E-state index in [0.29, 0.717) is 16.9 Å². The van der Waals surface area contributed by atoms with Gasteiger partial charge >= 0.3 is 5.97 Å². The zero-order chi connectivity index (χ0) is 29.8. The fraction of sp³-hybridized carbons (Fsp3) is 0.250. The first kappa shape index (κ1) is 29.3. The largest absolute Gasteiger partial charge is 0.508 e. The summed E-state index contributed by atoms with van der Waals surface area (Å²) in [4.78, 5) is 12.8. The second kappa shape index (κ2) is 12.2. The van der Waals surface area contributed by atoms with Gasteiger partial charge in [0, 0.05) is 6.07 Å². The lowest BCUT2D eigenvalue weighted by Gasteiger charge is -2.41. The molecule has 0 unspecified atom stereocenters. The van der Waals surface area contributed by atoms with E-state index in [1.54, 1.807) is 24.3 Å². The second-order valence-electron chi connectivity index (χ2n) is 9.08. The minimum absolute atomic E-state index is 0.00604. The normalized spacial score (nSPS) is 22.4. The Morgan fingerprint density at radius 3 is 2.20 bits per heavy atom. The summed E-state index contributed by atoms with van der Waals surface area (Å²) in [6.45, 7) is -0.721. The molecule has 0 aliphatic carbocycles. The second-order valence-corrected chi connectivity index (χ2v) is 9.08. The summed E-state index contributed by atoms with van der Waals surface area (Å²) in [7, 11) is 1.42. The van der Waals surface area contributed by atoms with Crippen LogP contribution in [0.2, 0.25) is 0 Å². The van der Waals surface area contributed by atoms with E-state index in [1.165, 1.54) is 31.4 Å². The van der Waals surface area contributed by atoms with E-state index in [-0.39, 0.29) is 17.2 Å². The lowest BCUT2D eigenvalue weighted by Crippen LogP contribution is -2.61. The van der Waals surface area contributed by atoms with E-state index in [1.807, 2.05) is 0 Å². The van der Waals surface area contributed by atoms with Crippen LogP contribution in [-0.4, -0.2) is 91.2 Å². The first-order valence-electron chi connectivity index (χ1n) is 12.1. The van der Waals surface area contributed by atoms with Crippen LogP contribution < -0.4 is 9.47 Å². The Hall–Kier alpha value is -4.69. The first-order valence-corrected chi connectivity index (χ1v) is 12.1. The Balaban J connectivity index is 1.58. The number of phenols is 5. The predicted octanol–water partition coefficient (Wildman–Crippen LogP) is 1.44. The highest BCUT2D eigenvalue weighted by Gasteiger charge is 2.48. The van der Waals surface area contributed by atoms with Crippen molar-refractivity contribution in [3.05, 3.63) is 65.2 Å². The van der Waals surface area contributed by atoms with Gasteiger partial charge in [0.15, 0.2) is 34.9 Å². The van der Waals surface area contributed by atoms with E-state index in [4.69, 9.17) is 18.9 Å². The van der Waals surface area contributed by atoms with Crippen LogP contribution in [0.15, 0.2) is 48.5 Å². The summed E-state index contributed by atoms with van der Waals surface area (Å²) < 4.78 is 21.6. The number of ether oxygens (including phenoxy) is 4. The van der Waals surface area contributed by atoms with E-state index in [2.05, 4.69) is 0 Å². The van der Waals surface area contributed by atoms with Gasteiger partial charge in [-0.3, -0.25) is 0 Å². The molecule has 1 saturated heterocycles. The van der Waals surface area contributed by atoms with Gasteiger partial charge in [-0.1, -0.05) is 18.2 Å². The number of methoxy groups -OCH3 is 1. The molecular formula is C28H28O13. The van der Waals surface area contributed by atoms with Gasteiger partial charge in [-0.2, -0.15) is 0 Å². The van der Waals surface area contributed by atoms with Crippen LogP contribution in [0.4, 0.5) is 0 Å². The maximum atomic E-state index is 12.8. The molecule has 8 N–H and O–H groups in total. The summed E-state index contributed by atoms with van der Waals surface area (Å²) in [6.07, 6.45) is -4.88. The molecule has 0 amide bonds. The molecule has 1 heterocycles. The number of aromatic hydroxyl groups is 5. The van der Waals surface area contributed by atoms with E-state index >= 15 is 0 Å². The van der Waals surface area contributed by atoms with Gasteiger partial charge in [-0.15, -0.1) is 0 Å². The monoisotopic (exact) mass is 572 g/mol.